The van der Waals surface area contributed by atoms with Crippen molar-refractivity contribution in [3.63, 3.8) is 0 Å². The summed E-state index contributed by atoms with van der Waals surface area (Å²) >= 11 is 0. The zero-order chi connectivity index (χ0) is 5.82. The smallest absolute Gasteiger partial charge is 0.111 e. The van der Waals surface area contributed by atoms with Gasteiger partial charge < -0.3 is 0 Å². The summed E-state index contributed by atoms with van der Waals surface area (Å²) in [6.07, 6.45) is 0.753. The highest BCUT2D eigenvalue weighted by Gasteiger charge is 1.87. The van der Waals surface area contributed by atoms with Crippen LogP contribution in [0.2, 0.25) is 0 Å². The van der Waals surface area contributed by atoms with Crippen molar-refractivity contribution in [1.29, 1.82) is 0 Å². The maximum Gasteiger partial charge on any atom is 0.176 e. The monoisotopic (exact) mass is 111 g/mol. The molecule has 0 aromatic carbocycles. The van der Waals surface area contributed by atoms with Crippen LogP contribution in [0.25, 0.3) is 0 Å². The molecule has 0 saturated heterocycles. The minimum atomic E-state index is 0.625. The van der Waals surface area contributed by atoms with Gasteiger partial charge in [-0.3, -0.25) is 0 Å². The Balaban J connectivity index is 2.83. The second kappa shape index (κ2) is 2.25. The van der Waals surface area contributed by atoms with Gasteiger partial charge in [-0.25, -0.2) is 0 Å². The van der Waals surface area contributed by atoms with E-state index in [1.54, 1.807) is 0 Å². The van der Waals surface area contributed by atoms with Crippen molar-refractivity contribution in [1.82, 2.24) is 25.8 Å². The molecule has 1 rings (SSSR count). The van der Waals surface area contributed by atoms with E-state index in [0.717, 1.165) is 6.42 Å². The highest BCUT2D eigenvalue weighted by molar-refractivity contribution is 4.70. The molecule has 0 bridgehead atoms. The Hall–Kier alpha value is -1.13. The summed E-state index contributed by atoms with van der Waals surface area (Å²) in [6.45, 7) is 1.93. The third-order valence-corrected chi connectivity index (χ3v) is 0.717. The first-order valence-corrected chi connectivity index (χ1v) is 2.31. The molecule has 0 saturated carbocycles. The summed E-state index contributed by atoms with van der Waals surface area (Å²) in [4.78, 5) is 0. The molecule has 8 heavy (non-hydrogen) atoms. The van der Waals surface area contributed by atoms with Gasteiger partial charge in [-0.05, 0) is 15.6 Å². The maximum absolute atomic E-state index is 3.56. The molecule has 0 atom stereocenters. The van der Waals surface area contributed by atoms with Crippen LogP contribution >= 0.6 is 0 Å². The number of rotatable bonds is 1. The predicted octanol–water partition coefficient (Wildman–Crippen LogP) is -0.776. The van der Waals surface area contributed by atoms with Gasteiger partial charge >= 0.3 is 0 Å². The van der Waals surface area contributed by atoms with E-state index in [-0.39, 0.29) is 0 Å². The zero-order valence-corrected chi connectivity index (χ0v) is 4.44. The highest BCUT2D eigenvalue weighted by Crippen LogP contribution is 1.78. The minimum absolute atomic E-state index is 0.625. The average Bonchev–Trinajstić information content (AvgIpc) is 1.90. The van der Waals surface area contributed by atoms with Gasteiger partial charge in [-0.1, -0.05) is 6.92 Å². The van der Waals surface area contributed by atoms with E-state index in [9.17, 15) is 0 Å². The molecule has 1 heterocycles. The third kappa shape index (κ3) is 0.927. The number of hydrogen-bond acceptors (Lipinski definition) is 5. The quantitative estimate of drug-likeness (QED) is 0.475. The molecule has 1 aromatic heterocycles. The van der Waals surface area contributed by atoms with E-state index in [1.165, 1.54) is 0 Å². The summed E-state index contributed by atoms with van der Waals surface area (Å²) in [5, 5.41) is 16.9. The van der Waals surface area contributed by atoms with Crippen molar-refractivity contribution in [3.8, 4) is 0 Å². The van der Waals surface area contributed by atoms with Crippen molar-refractivity contribution >= 4 is 0 Å². The Kier molecular flexibility index (Phi) is 1.41. The van der Waals surface area contributed by atoms with E-state index < -0.39 is 0 Å². The fraction of sp³-hybridized carbons (Fsp3) is 0.667. The van der Waals surface area contributed by atoms with Gasteiger partial charge in [0.05, 0.1) is 0 Å². The molecule has 0 unspecified atom stereocenters. The van der Waals surface area contributed by atoms with Crippen molar-refractivity contribution in [2.45, 2.75) is 13.3 Å². The number of nitrogens with zero attached hydrogens (tertiary/aromatic N) is 5. The standard InChI is InChI=1S/C3H5N5/c1-2-3-4-6-8-7-5-3/h2H2,1H3. The van der Waals surface area contributed by atoms with E-state index in [4.69, 9.17) is 0 Å². The fourth-order valence-corrected chi connectivity index (χ4v) is 0.323. The van der Waals surface area contributed by atoms with Crippen LogP contribution in [0.1, 0.15) is 12.7 Å². The Morgan fingerprint density at radius 3 is 2.12 bits per heavy atom. The van der Waals surface area contributed by atoms with Crippen LogP contribution in [0, 0.1) is 0 Å². The van der Waals surface area contributed by atoms with Crippen LogP contribution in [0.5, 0.6) is 0 Å². The lowest BCUT2D eigenvalue weighted by Gasteiger charge is -1.83. The van der Waals surface area contributed by atoms with Crippen LogP contribution < -0.4 is 0 Å². The summed E-state index contributed by atoms with van der Waals surface area (Å²) < 4.78 is 0. The predicted molar refractivity (Wildman–Crippen MR) is 24.8 cm³/mol. The molecule has 42 valence electrons. The van der Waals surface area contributed by atoms with Crippen LogP contribution in [0.3, 0.4) is 0 Å². The molecule has 0 aliphatic carbocycles. The van der Waals surface area contributed by atoms with Gasteiger partial charge in [-0.15, -0.1) is 10.2 Å². The van der Waals surface area contributed by atoms with Crippen molar-refractivity contribution < 1.29 is 0 Å². The molecule has 0 spiro atoms. The largest absolute Gasteiger partial charge is 0.176 e. The van der Waals surface area contributed by atoms with E-state index in [2.05, 4.69) is 25.8 Å². The number of aryl methyl sites for hydroxylation is 1. The first-order chi connectivity index (χ1) is 3.93. The summed E-state index contributed by atoms with van der Waals surface area (Å²) in [6, 6.07) is 0. The first-order valence-electron chi connectivity index (χ1n) is 2.31. The normalized spacial score (nSPS) is 9.12. The summed E-state index contributed by atoms with van der Waals surface area (Å²) in [5.74, 6) is 0.625. The third-order valence-electron chi connectivity index (χ3n) is 0.717. The van der Waals surface area contributed by atoms with E-state index in [0.29, 0.717) is 5.82 Å². The zero-order valence-electron chi connectivity index (χ0n) is 4.44. The lowest BCUT2D eigenvalue weighted by Crippen LogP contribution is -2.00. The van der Waals surface area contributed by atoms with Gasteiger partial charge in [0.1, 0.15) is 0 Å². The molecular weight excluding hydrogens is 106 g/mol. The Morgan fingerprint density at radius 1 is 1.12 bits per heavy atom. The number of hydrogen-bond donors (Lipinski definition) is 0. The Labute approximate surface area is 46.1 Å². The Morgan fingerprint density at radius 2 is 1.75 bits per heavy atom. The molecule has 5 nitrogen and oxygen atoms in total. The second-order valence-electron chi connectivity index (χ2n) is 1.24. The minimum Gasteiger partial charge on any atom is -0.111 e. The van der Waals surface area contributed by atoms with Crippen LogP contribution in [-0.4, -0.2) is 25.8 Å². The van der Waals surface area contributed by atoms with Crippen LogP contribution in [0.4, 0.5) is 0 Å². The van der Waals surface area contributed by atoms with Crippen molar-refractivity contribution in [3.05, 3.63) is 5.82 Å². The molecule has 0 aliphatic rings. The second-order valence-corrected chi connectivity index (χ2v) is 1.24. The van der Waals surface area contributed by atoms with Gasteiger partial charge in [0.2, 0.25) is 0 Å². The molecule has 0 amide bonds. The molecule has 0 N–H and O–H groups in total. The highest BCUT2D eigenvalue weighted by atomic mass is 15.5. The van der Waals surface area contributed by atoms with Gasteiger partial charge in [0.25, 0.3) is 0 Å². The topological polar surface area (TPSA) is 64.5 Å². The van der Waals surface area contributed by atoms with Gasteiger partial charge in [0.15, 0.2) is 5.82 Å². The summed E-state index contributed by atoms with van der Waals surface area (Å²) in [5.41, 5.74) is 0. The van der Waals surface area contributed by atoms with Crippen LogP contribution in [-0.2, 0) is 6.42 Å². The SMILES string of the molecule is CCc1nnnnn1. The summed E-state index contributed by atoms with van der Waals surface area (Å²) in [7, 11) is 0. The van der Waals surface area contributed by atoms with Crippen LogP contribution in [0.15, 0.2) is 0 Å². The van der Waals surface area contributed by atoms with E-state index in [1.807, 2.05) is 6.92 Å². The molecular formula is C3H5N5. The molecule has 0 fully saturated rings. The fourth-order valence-electron chi connectivity index (χ4n) is 0.323. The Bertz CT molecular complexity index is 149. The lowest BCUT2D eigenvalue weighted by atomic mass is 10.5. The van der Waals surface area contributed by atoms with E-state index >= 15 is 0 Å². The van der Waals surface area contributed by atoms with Gasteiger partial charge in [0, 0.05) is 6.42 Å². The molecule has 0 radical (unpaired) electrons. The molecule has 1 aromatic rings. The average molecular weight is 111 g/mol. The van der Waals surface area contributed by atoms with Crippen molar-refractivity contribution in [2.24, 2.45) is 0 Å². The van der Waals surface area contributed by atoms with Gasteiger partial charge in [-0.2, -0.15) is 0 Å². The van der Waals surface area contributed by atoms with Crippen molar-refractivity contribution in [2.75, 3.05) is 0 Å². The maximum atomic E-state index is 3.56. The number of aromatic nitrogens is 5. The lowest BCUT2D eigenvalue weighted by molar-refractivity contribution is 0.638. The molecule has 0 aliphatic heterocycles. The first kappa shape index (κ1) is 5.02. The molecule has 5 heteroatoms.